The number of methoxy groups -OCH3 is 1. The molecule has 0 unspecified atom stereocenters. The van der Waals surface area contributed by atoms with Gasteiger partial charge in [0.25, 0.3) is 10.2 Å². The summed E-state index contributed by atoms with van der Waals surface area (Å²) < 4.78 is 32.2. The van der Waals surface area contributed by atoms with E-state index in [4.69, 9.17) is 4.74 Å². The van der Waals surface area contributed by atoms with Gasteiger partial charge in [-0.05, 0) is 19.5 Å². The van der Waals surface area contributed by atoms with Gasteiger partial charge in [0.05, 0.1) is 6.61 Å². The summed E-state index contributed by atoms with van der Waals surface area (Å²) in [7, 11) is -0.160. The third-order valence-electron chi connectivity index (χ3n) is 2.69. The monoisotopic (exact) mass is 281 g/mol. The van der Waals surface area contributed by atoms with Crippen LogP contribution in [-0.2, 0) is 14.9 Å². The van der Waals surface area contributed by atoms with Crippen LogP contribution < -0.4 is 5.32 Å². The molecule has 0 aromatic rings. The first kappa shape index (κ1) is 17.8. The molecular formula is C11H27N3O3S. The minimum atomic E-state index is -3.35. The van der Waals surface area contributed by atoms with Crippen LogP contribution in [0.4, 0.5) is 0 Å². The summed E-state index contributed by atoms with van der Waals surface area (Å²) in [5.41, 5.74) is 0. The van der Waals surface area contributed by atoms with Gasteiger partial charge < -0.3 is 10.1 Å². The molecule has 110 valence electrons. The van der Waals surface area contributed by atoms with E-state index in [2.05, 4.69) is 5.32 Å². The maximum atomic E-state index is 12.2. The molecule has 0 aliphatic heterocycles. The van der Waals surface area contributed by atoms with Gasteiger partial charge in [0.2, 0.25) is 0 Å². The van der Waals surface area contributed by atoms with Crippen molar-refractivity contribution in [1.82, 2.24) is 13.9 Å². The quantitative estimate of drug-likeness (QED) is 0.547. The first-order valence-corrected chi connectivity index (χ1v) is 7.81. The molecule has 0 saturated heterocycles. The standard InChI is InChI=1S/C11H27N3O3S/c1-5-12-8-7-9-13(3)18(15,16)14(6-2)10-11-17-4/h12H,5-11H2,1-4H3. The van der Waals surface area contributed by atoms with Crippen LogP contribution >= 0.6 is 0 Å². The number of nitrogens with one attached hydrogen (secondary N) is 1. The molecule has 6 nitrogen and oxygen atoms in total. The number of rotatable bonds is 11. The Hall–Kier alpha value is -0.210. The van der Waals surface area contributed by atoms with E-state index in [0.29, 0.717) is 26.2 Å². The van der Waals surface area contributed by atoms with Crippen molar-refractivity contribution in [2.45, 2.75) is 20.3 Å². The molecule has 18 heavy (non-hydrogen) atoms. The fourth-order valence-electron chi connectivity index (χ4n) is 1.55. The van der Waals surface area contributed by atoms with Gasteiger partial charge >= 0.3 is 0 Å². The third kappa shape index (κ3) is 6.10. The highest BCUT2D eigenvalue weighted by Crippen LogP contribution is 2.06. The van der Waals surface area contributed by atoms with Crippen molar-refractivity contribution in [1.29, 1.82) is 0 Å². The summed E-state index contributed by atoms with van der Waals surface area (Å²) in [6.45, 7) is 7.41. The van der Waals surface area contributed by atoms with Gasteiger partial charge in [0.1, 0.15) is 0 Å². The fourth-order valence-corrected chi connectivity index (χ4v) is 2.93. The summed E-state index contributed by atoms with van der Waals surface area (Å²) >= 11 is 0. The zero-order valence-electron chi connectivity index (χ0n) is 12.0. The lowest BCUT2D eigenvalue weighted by Gasteiger charge is -2.26. The predicted molar refractivity (Wildman–Crippen MR) is 73.8 cm³/mol. The van der Waals surface area contributed by atoms with E-state index in [1.807, 2.05) is 13.8 Å². The van der Waals surface area contributed by atoms with Gasteiger partial charge in [-0.2, -0.15) is 17.0 Å². The molecule has 0 heterocycles. The van der Waals surface area contributed by atoms with Gasteiger partial charge in [0, 0.05) is 33.8 Å². The van der Waals surface area contributed by atoms with Crippen LogP contribution in [0.15, 0.2) is 0 Å². The Morgan fingerprint density at radius 1 is 1.22 bits per heavy atom. The third-order valence-corrected chi connectivity index (χ3v) is 4.76. The van der Waals surface area contributed by atoms with Crippen LogP contribution in [0, 0.1) is 0 Å². The van der Waals surface area contributed by atoms with E-state index < -0.39 is 10.2 Å². The lowest BCUT2D eigenvalue weighted by Crippen LogP contribution is -2.43. The maximum Gasteiger partial charge on any atom is 0.281 e. The van der Waals surface area contributed by atoms with Gasteiger partial charge in [0.15, 0.2) is 0 Å². The molecule has 0 atom stereocenters. The molecule has 0 fully saturated rings. The molecule has 0 radical (unpaired) electrons. The van der Waals surface area contributed by atoms with Gasteiger partial charge in [-0.1, -0.05) is 13.8 Å². The summed E-state index contributed by atoms with van der Waals surface area (Å²) in [5.74, 6) is 0. The Bertz CT molecular complexity index is 296. The molecule has 0 aliphatic carbocycles. The molecule has 0 aromatic heterocycles. The first-order chi connectivity index (χ1) is 8.50. The predicted octanol–water partition coefficient (Wildman–Crippen LogP) is 0.131. The molecule has 7 heteroatoms. The highest BCUT2D eigenvalue weighted by molar-refractivity contribution is 7.86. The smallest absolute Gasteiger partial charge is 0.281 e. The minimum Gasteiger partial charge on any atom is -0.383 e. The van der Waals surface area contributed by atoms with Crippen LogP contribution in [0.25, 0.3) is 0 Å². The van der Waals surface area contributed by atoms with Crippen molar-refractivity contribution in [3.05, 3.63) is 0 Å². The van der Waals surface area contributed by atoms with Crippen LogP contribution in [0.3, 0.4) is 0 Å². The van der Waals surface area contributed by atoms with E-state index >= 15 is 0 Å². The van der Waals surface area contributed by atoms with Crippen molar-refractivity contribution in [3.8, 4) is 0 Å². The molecule has 0 bridgehead atoms. The molecule has 0 spiro atoms. The normalized spacial score (nSPS) is 12.6. The summed E-state index contributed by atoms with van der Waals surface area (Å²) in [6, 6.07) is 0. The van der Waals surface area contributed by atoms with Crippen LogP contribution in [0.2, 0.25) is 0 Å². The molecule has 0 saturated carbocycles. The second-order valence-electron chi connectivity index (χ2n) is 4.02. The number of nitrogens with zero attached hydrogens (tertiary/aromatic N) is 2. The SMILES string of the molecule is CCNCCCN(C)S(=O)(=O)N(CC)CCOC. The Morgan fingerprint density at radius 2 is 1.89 bits per heavy atom. The molecule has 0 aromatic carbocycles. The van der Waals surface area contributed by atoms with Gasteiger partial charge in [-0.25, -0.2) is 0 Å². The Kier molecular flexibility index (Phi) is 9.57. The lowest BCUT2D eigenvalue weighted by atomic mass is 10.4. The molecule has 0 amide bonds. The van der Waals surface area contributed by atoms with Crippen molar-refractivity contribution in [2.75, 3.05) is 53.5 Å². The number of ether oxygens (including phenoxy) is 1. The molecule has 0 rings (SSSR count). The van der Waals surface area contributed by atoms with Crippen molar-refractivity contribution in [2.24, 2.45) is 0 Å². The molecule has 1 N–H and O–H groups in total. The van der Waals surface area contributed by atoms with E-state index in [1.165, 1.54) is 8.61 Å². The molecular weight excluding hydrogens is 254 g/mol. The second-order valence-corrected chi connectivity index (χ2v) is 6.06. The van der Waals surface area contributed by atoms with Crippen molar-refractivity contribution < 1.29 is 13.2 Å². The second kappa shape index (κ2) is 9.69. The highest BCUT2D eigenvalue weighted by atomic mass is 32.2. The Labute approximate surface area is 111 Å². The molecule has 0 aliphatic rings. The van der Waals surface area contributed by atoms with Crippen LogP contribution in [0.1, 0.15) is 20.3 Å². The zero-order valence-corrected chi connectivity index (χ0v) is 12.8. The topological polar surface area (TPSA) is 61.9 Å². The van der Waals surface area contributed by atoms with E-state index in [0.717, 1.165) is 19.5 Å². The lowest BCUT2D eigenvalue weighted by molar-refractivity contribution is 0.178. The van der Waals surface area contributed by atoms with Crippen molar-refractivity contribution >= 4 is 10.2 Å². The average molecular weight is 281 g/mol. The average Bonchev–Trinajstić information content (AvgIpc) is 2.35. The summed E-state index contributed by atoms with van der Waals surface area (Å²) in [5, 5.41) is 3.18. The van der Waals surface area contributed by atoms with Crippen LogP contribution in [-0.4, -0.2) is 70.5 Å². The largest absolute Gasteiger partial charge is 0.383 e. The number of likely N-dealkylation sites (N-methyl/N-ethyl adjacent to an activating group) is 1. The Balaban J connectivity index is 4.29. The highest BCUT2D eigenvalue weighted by Gasteiger charge is 2.24. The van der Waals surface area contributed by atoms with Crippen molar-refractivity contribution in [3.63, 3.8) is 0 Å². The summed E-state index contributed by atoms with van der Waals surface area (Å²) in [6.07, 6.45) is 0.811. The zero-order chi connectivity index (χ0) is 14.0. The van der Waals surface area contributed by atoms with Crippen LogP contribution in [0.5, 0.6) is 0 Å². The van der Waals surface area contributed by atoms with Gasteiger partial charge in [-0.3, -0.25) is 0 Å². The number of hydrogen-bond donors (Lipinski definition) is 1. The summed E-state index contributed by atoms with van der Waals surface area (Å²) in [4.78, 5) is 0. The van der Waals surface area contributed by atoms with E-state index in [-0.39, 0.29) is 0 Å². The fraction of sp³-hybridized carbons (Fsp3) is 1.00. The maximum absolute atomic E-state index is 12.2. The van der Waals surface area contributed by atoms with E-state index in [1.54, 1.807) is 14.2 Å². The Morgan fingerprint density at radius 3 is 2.39 bits per heavy atom. The van der Waals surface area contributed by atoms with E-state index in [9.17, 15) is 8.42 Å². The minimum absolute atomic E-state index is 0.396. The first-order valence-electron chi connectivity index (χ1n) is 6.41. The van der Waals surface area contributed by atoms with Gasteiger partial charge in [-0.15, -0.1) is 0 Å². The number of hydrogen-bond acceptors (Lipinski definition) is 4.